The standard InChI is InChI=1S/C16H20N2OS/c17-8-5-12-6-9-18(10-7-12)16(19)14-11-20-15-4-2-1-3-13(14)15/h1-4,11-12H,5-10,17H2. The minimum atomic E-state index is 0.189. The largest absolute Gasteiger partial charge is 0.339 e. The Morgan fingerprint density at radius 2 is 2.05 bits per heavy atom. The van der Waals surface area contributed by atoms with Gasteiger partial charge in [-0.25, -0.2) is 0 Å². The van der Waals surface area contributed by atoms with Crippen molar-refractivity contribution in [2.45, 2.75) is 19.3 Å². The first kappa shape index (κ1) is 13.6. The van der Waals surface area contributed by atoms with Crippen LogP contribution in [0.25, 0.3) is 10.1 Å². The molecule has 1 saturated heterocycles. The van der Waals surface area contributed by atoms with Gasteiger partial charge in [0.15, 0.2) is 0 Å². The summed E-state index contributed by atoms with van der Waals surface area (Å²) < 4.78 is 1.19. The highest BCUT2D eigenvalue weighted by Crippen LogP contribution is 2.28. The molecule has 1 amide bonds. The van der Waals surface area contributed by atoms with Crippen LogP contribution < -0.4 is 5.73 Å². The summed E-state index contributed by atoms with van der Waals surface area (Å²) >= 11 is 1.65. The van der Waals surface area contributed by atoms with Gasteiger partial charge in [0.05, 0.1) is 5.56 Å². The third-order valence-corrected chi connectivity index (χ3v) is 5.15. The van der Waals surface area contributed by atoms with Crippen molar-refractivity contribution in [3.63, 3.8) is 0 Å². The van der Waals surface area contributed by atoms with Crippen molar-refractivity contribution in [1.82, 2.24) is 4.90 Å². The van der Waals surface area contributed by atoms with Crippen LogP contribution in [0.2, 0.25) is 0 Å². The molecule has 1 aromatic heterocycles. The molecule has 106 valence electrons. The summed E-state index contributed by atoms with van der Waals surface area (Å²) in [4.78, 5) is 14.6. The van der Waals surface area contributed by atoms with Gasteiger partial charge in [0.25, 0.3) is 5.91 Å². The van der Waals surface area contributed by atoms with Crippen LogP contribution in [0.5, 0.6) is 0 Å². The summed E-state index contributed by atoms with van der Waals surface area (Å²) in [6.07, 6.45) is 3.26. The molecule has 0 aliphatic carbocycles. The number of fused-ring (bicyclic) bond motifs is 1. The van der Waals surface area contributed by atoms with Gasteiger partial charge in [-0.3, -0.25) is 4.79 Å². The van der Waals surface area contributed by atoms with Gasteiger partial charge in [-0.05, 0) is 37.8 Å². The molecule has 0 spiro atoms. The van der Waals surface area contributed by atoms with Gasteiger partial charge in [-0.15, -0.1) is 11.3 Å². The second-order valence-corrected chi connectivity index (χ2v) is 6.37. The summed E-state index contributed by atoms with van der Waals surface area (Å²) in [7, 11) is 0. The zero-order valence-electron chi connectivity index (χ0n) is 11.5. The van der Waals surface area contributed by atoms with Gasteiger partial charge in [0.1, 0.15) is 0 Å². The van der Waals surface area contributed by atoms with E-state index in [-0.39, 0.29) is 5.91 Å². The lowest BCUT2D eigenvalue weighted by molar-refractivity contribution is 0.0690. The minimum Gasteiger partial charge on any atom is -0.339 e. The quantitative estimate of drug-likeness (QED) is 0.943. The SMILES string of the molecule is NCCC1CCN(C(=O)c2csc3ccccc23)CC1. The molecular formula is C16H20N2OS. The van der Waals surface area contributed by atoms with E-state index in [1.807, 2.05) is 28.5 Å². The number of likely N-dealkylation sites (tertiary alicyclic amines) is 1. The molecule has 2 N–H and O–H groups in total. The van der Waals surface area contributed by atoms with Crippen LogP contribution in [-0.2, 0) is 0 Å². The van der Waals surface area contributed by atoms with E-state index in [4.69, 9.17) is 5.73 Å². The van der Waals surface area contributed by atoms with E-state index < -0.39 is 0 Å². The second-order valence-electron chi connectivity index (χ2n) is 5.46. The molecule has 2 aromatic rings. The number of hydrogen-bond acceptors (Lipinski definition) is 3. The number of thiophene rings is 1. The lowest BCUT2D eigenvalue weighted by atomic mass is 9.93. The van der Waals surface area contributed by atoms with Gasteiger partial charge in [0, 0.05) is 28.6 Å². The number of nitrogens with two attached hydrogens (primary N) is 1. The summed E-state index contributed by atoms with van der Waals surface area (Å²) in [6, 6.07) is 8.13. The Labute approximate surface area is 123 Å². The number of benzene rings is 1. The van der Waals surface area contributed by atoms with Crippen LogP contribution in [0.3, 0.4) is 0 Å². The normalized spacial score (nSPS) is 16.8. The fraction of sp³-hybridized carbons (Fsp3) is 0.438. The Morgan fingerprint density at radius 3 is 2.80 bits per heavy atom. The van der Waals surface area contributed by atoms with Gasteiger partial charge >= 0.3 is 0 Å². The maximum absolute atomic E-state index is 12.6. The number of rotatable bonds is 3. The van der Waals surface area contributed by atoms with Crippen LogP contribution in [0.1, 0.15) is 29.6 Å². The molecule has 0 radical (unpaired) electrons. The molecule has 0 bridgehead atoms. The zero-order valence-corrected chi connectivity index (χ0v) is 12.4. The minimum absolute atomic E-state index is 0.189. The first-order valence-corrected chi connectivity index (χ1v) is 8.13. The van der Waals surface area contributed by atoms with Crippen LogP contribution in [0.15, 0.2) is 29.6 Å². The van der Waals surface area contributed by atoms with Gasteiger partial charge < -0.3 is 10.6 Å². The maximum Gasteiger partial charge on any atom is 0.255 e. The van der Waals surface area contributed by atoms with Gasteiger partial charge in [0.2, 0.25) is 0 Å². The third-order valence-electron chi connectivity index (χ3n) is 4.19. The fourth-order valence-corrected chi connectivity index (χ4v) is 3.91. The average molecular weight is 288 g/mol. The molecular weight excluding hydrogens is 268 g/mol. The van der Waals surface area contributed by atoms with Crippen molar-refractivity contribution in [3.05, 3.63) is 35.2 Å². The van der Waals surface area contributed by atoms with Crippen LogP contribution in [-0.4, -0.2) is 30.4 Å². The molecule has 1 aromatic carbocycles. The van der Waals surface area contributed by atoms with Crippen molar-refractivity contribution in [3.8, 4) is 0 Å². The highest BCUT2D eigenvalue weighted by atomic mass is 32.1. The lowest BCUT2D eigenvalue weighted by Crippen LogP contribution is -2.38. The molecule has 20 heavy (non-hydrogen) atoms. The monoisotopic (exact) mass is 288 g/mol. The number of carbonyl (C=O) groups is 1. The van der Waals surface area contributed by atoms with Gasteiger partial charge in [-0.1, -0.05) is 18.2 Å². The number of amides is 1. The molecule has 3 nitrogen and oxygen atoms in total. The highest BCUT2D eigenvalue weighted by Gasteiger charge is 2.24. The van der Waals surface area contributed by atoms with E-state index in [2.05, 4.69) is 6.07 Å². The third kappa shape index (κ3) is 2.58. The molecule has 3 rings (SSSR count). The van der Waals surface area contributed by atoms with Crippen LogP contribution >= 0.6 is 11.3 Å². The number of piperidine rings is 1. The Bertz CT molecular complexity index is 599. The van der Waals surface area contributed by atoms with E-state index in [1.54, 1.807) is 11.3 Å². The Hall–Kier alpha value is -1.39. The Kier molecular flexibility index (Phi) is 4.03. The summed E-state index contributed by atoms with van der Waals surface area (Å²) in [5.41, 5.74) is 6.48. The first-order valence-electron chi connectivity index (χ1n) is 7.25. The van der Waals surface area contributed by atoms with E-state index in [9.17, 15) is 4.79 Å². The summed E-state index contributed by atoms with van der Waals surface area (Å²) in [6.45, 7) is 2.50. The molecule has 0 saturated carbocycles. The van der Waals surface area contributed by atoms with E-state index in [0.29, 0.717) is 5.92 Å². The predicted octanol–water partition coefficient (Wildman–Crippen LogP) is 3.10. The molecule has 0 unspecified atom stereocenters. The summed E-state index contributed by atoms with van der Waals surface area (Å²) in [5, 5.41) is 3.09. The second kappa shape index (κ2) is 5.94. The average Bonchev–Trinajstić information content (AvgIpc) is 2.92. The number of hydrogen-bond donors (Lipinski definition) is 1. The van der Waals surface area contributed by atoms with Crippen molar-refractivity contribution in [1.29, 1.82) is 0 Å². The van der Waals surface area contributed by atoms with Crippen molar-refractivity contribution in [2.75, 3.05) is 19.6 Å². The van der Waals surface area contributed by atoms with Crippen molar-refractivity contribution >= 4 is 27.3 Å². The molecule has 4 heteroatoms. The molecule has 1 fully saturated rings. The van der Waals surface area contributed by atoms with E-state index in [0.717, 1.165) is 49.8 Å². The fourth-order valence-electron chi connectivity index (χ4n) is 2.97. The Balaban J connectivity index is 1.74. The van der Waals surface area contributed by atoms with Crippen molar-refractivity contribution < 1.29 is 4.79 Å². The molecule has 1 aliphatic rings. The molecule has 2 heterocycles. The summed E-state index contributed by atoms with van der Waals surface area (Å²) in [5.74, 6) is 0.886. The van der Waals surface area contributed by atoms with Crippen LogP contribution in [0.4, 0.5) is 0 Å². The first-order chi connectivity index (χ1) is 9.79. The van der Waals surface area contributed by atoms with E-state index in [1.165, 1.54) is 4.70 Å². The maximum atomic E-state index is 12.6. The lowest BCUT2D eigenvalue weighted by Gasteiger charge is -2.31. The zero-order chi connectivity index (χ0) is 13.9. The number of carbonyl (C=O) groups excluding carboxylic acids is 1. The molecule has 1 aliphatic heterocycles. The highest BCUT2D eigenvalue weighted by molar-refractivity contribution is 7.17. The van der Waals surface area contributed by atoms with Crippen molar-refractivity contribution in [2.24, 2.45) is 11.7 Å². The molecule has 0 atom stereocenters. The topological polar surface area (TPSA) is 46.3 Å². The number of nitrogens with zero attached hydrogens (tertiary/aromatic N) is 1. The predicted molar refractivity (Wildman–Crippen MR) is 84.1 cm³/mol. The van der Waals surface area contributed by atoms with Crippen LogP contribution in [0, 0.1) is 5.92 Å². The smallest absolute Gasteiger partial charge is 0.255 e. The Morgan fingerprint density at radius 1 is 1.30 bits per heavy atom. The van der Waals surface area contributed by atoms with E-state index >= 15 is 0 Å². The van der Waals surface area contributed by atoms with Gasteiger partial charge in [-0.2, -0.15) is 0 Å².